The van der Waals surface area contributed by atoms with Gasteiger partial charge in [-0.15, -0.1) is 0 Å². The van der Waals surface area contributed by atoms with E-state index < -0.39 is 5.97 Å². The Morgan fingerprint density at radius 1 is 1.19 bits per heavy atom. The Bertz CT molecular complexity index is 470. The Balaban J connectivity index is 1.94. The van der Waals surface area contributed by atoms with Crippen molar-refractivity contribution in [2.75, 3.05) is 26.2 Å². The first-order valence-corrected chi connectivity index (χ1v) is 7.87. The van der Waals surface area contributed by atoms with Gasteiger partial charge in [0.05, 0.1) is 0 Å². The molecule has 0 unspecified atom stereocenters. The first-order valence-electron chi connectivity index (χ1n) is 7.49. The number of nitrogens with zero attached hydrogens (tertiary/aromatic N) is 2. The van der Waals surface area contributed by atoms with Crippen molar-refractivity contribution < 1.29 is 9.90 Å². The zero-order valence-corrected chi connectivity index (χ0v) is 13.4. The number of carboxylic acids is 1. The predicted molar refractivity (Wildman–Crippen MR) is 84.7 cm³/mol. The fourth-order valence-electron chi connectivity index (χ4n) is 2.98. The summed E-state index contributed by atoms with van der Waals surface area (Å²) in [4.78, 5) is 15.7. The molecule has 21 heavy (non-hydrogen) atoms. The number of benzene rings is 1. The SMILES string of the molecule is CC[C@H](C(=O)O)N1CCN([C@@H](C)c2ccc(Cl)cc2)CC1. The lowest BCUT2D eigenvalue weighted by Gasteiger charge is -2.40. The Kier molecular flexibility index (Phi) is 5.62. The molecule has 5 heteroatoms. The number of carbonyl (C=O) groups is 1. The third-order valence-electron chi connectivity index (χ3n) is 4.36. The molecule has 2 atom stereocenters. The average Bonchev–Trinajstić information content (AvgIpc) is 2.48. The maximum absolute atomic E-state index is 11.2. The highest BCUT2D eigenvalue weighted by Crippen LogP contribution is 2.23. The molecule has 0 bridgehead atoms. The molecule has 1 aliphatic heterocycles. The first-order chi connectivity index (χ1) is 10.0. The molecule has 1 heterocycles. The molecular formula is C16H23ClN2O2. The van der Waals surface area contributed by atoms with E-state index in [1.54, 1.807) is 0 Å². The minimum Gasteiger partial charge on any atom is -0.480 e. The second-order valence-electron chi connectivity index (χ2n) is 5.56. The average molecular weight is 311 g/mol. The summed E-state index contributed by atoms with van der Waals surface area (Å²) in [7, 11) is 0. The zero-order valence-electron chi connectivity index (χ0n) is 12.6. The van der Waals surface area contributed by atoms with E-state index in [0.29, 0.717) is 12.5 Å². The van der Waals surface area contributed by atoms with Crippen LogP contribution in [-0.2, 0) is 4.79 Å². The van der Waals surface area contributed by atoms with E-state index in [9.17, 15) is 9.90 Å². The number of hydrogen-bond donors (Lipinski definition) is 1. The zero-order chi connectivity index (χ0) is 15.4. The van der Waals surface area contributed by atoms with Gasteiger partial charge in [0, 0.05) is 37.2 Å². The summed E-state index contributed by atoms with van der Waals surface area (Å²) < 4.78 is 0. The molecule has 0 radical (unpaired) electrons. The van der Waals surface area contributed by atoms with Crippen LogP contribution in [0.1, 0.15) is 31.9 Å². The molecular weight excluding hydrogens is 288 g/mol. The molecule has 0 aromatic heterocycles. The molecule has 1 aliphatic rings. The van der Waals surface area contributed by atoms with Crippen LogP contribution < -0.4 is 0 Å². The van der Waals surface area contributed by atoms with Gasteiger partial charge >= 0.3 is 5.97 Å². The maximum atomic E-state index is 11.2. The fourth-order valence-corrected chi connectivity index (χ4v) is 3.10. The summed E-state index contributed by atoms with van der Waals surface area (Å²) in [6.45, 7) is 7.53. The van der Waals surface area contributed by atoms with Gasteiger partial charge in [-0.1, -0.05) is 30.7 Å². The van der Waals surface area contributed by atoms with E-state index in [1.807, 2.05) is 19.1 Å². The van der Waals surface area contributed by atoms with Crippen molar-refractivity contribution in [1.82, 2.24) is 9.80 Å². The normalized spacial score (nSPS) is 20.1. The summed E-state index contributed by atoms with van der Waals surface area (Å²) in [6, 6.07) is 7.94. The van der Waals surface area contributed by atoms with Gasteiger partial charge in [-0.3, -0.25) is 14.6 Å². The number of halogens is 1. The summed E-state index contributed by atoms with van der Waals surface area (Å²) in [6.07, 6.45) is 0.655. The van der Waals surface area contributed by atoms with E-state index in [2.05, 4.69) is 28.9 Å². The van der Waals surface area contributed by atoms with Gasteiger partial charge in [-0.2, -0.15) is 0 Å². The largest absolute Gasteiger partial charge is 0.480 e. The number of piperazine rings is 1. The molecule has 0 aliphatic carbocycles. The smallest absolute Gasteiger partial charge is 0.320 e. The topological polar surface area (TPSA) is 43.8 Å². The molecule has 2 rings (SSSR count). The summed E-state index contributed by atoms with van der Waals surface area (Å²) in [5.41, 5.74) is 1.25. The molecule has 116 valence electrons. The van der Waals surface area contributed by atoms with Crippen molar-refractivity contribution in [1.29, 1.82) is 0 Å². The summed E-state index contributed by atoms with van der Waals surface area (Å²) in [5, 5.41) is 9.99. The van der Waals surface area contributed by atoms with Crippen LogP contribution in [-0.4, -0.2) is 53.1 Å². The Hall–Kier alpha value is -1.10. The Morgan fingerprint density at radius 3 is 2.19 bits per heavy atom. The lowest BCUT2D eigenvalue weighted by Crippen LogP contribution is -2.52. The minimum absolute atomic E-state index is 0.328. The number of hydrogen-bond acceptors (Lipinski definition) is 3. The third-order valence-corrected chi connectivity index (χ3v) is 4.61. The molecule has 1 aromatic rings. The minimum atomic E-state index is -0.711. The lowest BCUT2D eigenvalue weighted by atomic mass is 10.1. The van der Waals surface area contributed by atoms with Gasteiger partial charge in [0.15, 0.2) is 0 Å². The van der Waals surface area contributed by atoms with Crippen molar-refractivity contribution in [3.63, 3.8) is 0 Å². The molecule has 0 spiro atoms. The van der Waals surface area contributed by atoms with Crippen LogP contribution in [0.3, 0.4) is 0 Å². The van der Waals surface area contributed by atoms with Crippen molar-refractivity contribution >= 4 is 17.6 Å². The van der Waals surface area contributed by atoms with Gasteiger partial charge < -0.3 is 5.11 Å². The van der Waals surface area contributed by atoms with Crippen molar-refractivity contribution in [2.45, 2.75) is 32.4 Å². The van der Waals surface area contributed by atoms with Gasteiger partial charge in [0.25, 0.3) is 0 Å². The maximum Gasteiger partial charge on any atom is 0.320 e. The van der Waals surface area contributed by atoms with Crippen LogP contribution in [0.5, 0.6) is 0 Å². The molecule has 1 aromatic carbocycles. The molecule has 0 amide bonds. The highest BCUT2D eigenvalue weighted by Gasteiger charge is 2.29. The van der Waals surface area contributed by atoms with Crippen molar-refractivity contribution in [3.8, 4) is 0 Å². The van der Waals surface area contributed by atoms with E-state index in [-0.39, 0.29) is 6.04 Å². The van der Waals surface area contributed by atoms with E-state index in [0.717, 1.165) is 31.2 Å². The second kappa shape index (κ2) is 7.25. The first kappa shape index (κ1) is 16.3. The second-order valence-corrected chi connectivity index (χ2v) is 6.00. The summed E-state index contributed by atoms with van der Waals surface area (Å²) >= 11 is 5.93. The van der Waals surface area contributed by atoms with Crippen LogP contribution in [0.2, 0.25) is 5.02 Å². The van der Waals surface area contributed by atoms with Crippen LogP contribution in [0.4, 0.5) is 0 Å². The number of aliphatic carboxylic acids is 1. The predicted octanol–water partition coefficient (Wildman–Crippen LogP) is 2.88. The van der Waals surface area contributed by atoms with Crippen molar-refractivity contribution in [3.05, 3.63) is 34.9 Å². The van der Waals surface area contributed by atoms with Crippen LogP contribution in [0, 0.1) is 0 Å². The van der Waals surface area contributed by atoms with Gasteiger partial charge in [0.2, 0.25) is 0 Å². The highest BCUT2D eigenvalue weighted by molar-refractivity contribution is 6.30. The standard InChI is InChI=1S/C16H23ClN2O2/c1-3-15(16(20)21)19-10-8-18(9-11-19)12(2)13-4-6-14(17)7-5-13/h4-7,12,15H,3,8-11H2,1-2H3,(H,20,21)/t12-,15+/m0/s1. The molecule has 1 saturated heterocycles. The van der Waals surface area contributed by atoms with E-state index in [1.165, 1.54) is 5.56 Å². The third kappa shape index (κ3) is 3.96. The monoisotopic (exact) mass is 310 g/mol. The molecule has 1 N–H and O–H groups in total. The van der Waals surface area contributed by atoms with Gasteiger partial charge in [-0.25, -0.2) is 0 Å². The Morgan fingerprint density at radius 2 is 1.71 bits per heavy atom. The quantitative estimate of drug-likeness (QED) is 0.908. The number of carboxylic acid groups (broad SMARTS) is 1. The van der Waals surface area contributed by atoms with E-state index >= 15 is 0 Å². The molecule has 4 nitrogen and oxygen atoms in total. The highest BCUT2D eigenvalue weighted by atomic mass is 35.5. The van der Waals surface area contributed by atoms with E-state index in [4.69, 9.17) is 11.6 Å². The summed E-state index contributed by atoms with van der Waals surface area (Å²) in [5.74, 6) is -0.711. The Labute approximate surface area is 131 Å². The van der Waals surface area contributed by atoms with Gasteiger partial charge in [0.1, 0.15) is 6.04 Å². The fraction of sp³-hybridized carbons (Fsp3) is 0.562. The van der Waals surface area contributed by atoms with Gasteiger partial charge in [-0.05, 0) is 31.0 Å². The van der Waals surface area contributed by atoms with Crippen LogP contribution >= 0.6 is 11.6 Å². The van der Waals surface area contributed by atoms with Crippen molar-refractivity contribution in [2.24, 2.45) is 0 Å². The number of rotatable bonds is 5. The van der Waals surface area contributed by atoms with Crippen LogP contribution in [0.25, 0.3) is 0 Å². The lowest BCUT2D eigenvalue weighted by molar-refractivity contribution is -0.144. The van der Waals surface area contributed by atoms with Crippen LogP contribution in [0.15, 0.2) is 24.3 Å². The molecule has 0 saturated carbocycles. The molecule has 1 fully saturated rings.